The summed E-state index contributed by atoms with van der Waals surface area (Å²) in [7, 11) is 2.05. The van der Waals surface area contributed by atoms with Gasteiger partial charge in [-0.15, -0.1) is 0 Å². The predicted molar refractivity (Wildman–Crippen MR) is 58.8 cm³/mol. The van der Waals surface area contributed by atoms with E-state index in [1.165, 1.54) is 19.4 Å². The second-order valence-corrected chi connectivity index (χ2v) is 5.33. The zero-order valence-corrected chi connectivity index (χ0v) is 9.85. The first-order valence-electron chi connectivity index (χ1n) is 5.67. The van der Waals surface area contributed by atoms with Crippen LogP contribution >= 0.6 is 0 Å². The van der Waals surface area contributed by atoms with E-state index in [9.17, 15) is 0 Å². The van der Waals surface area contributed by atoms with E-state index in [2.05, 4.69) is 33.0 Å². The second-order valence-electron chi connectivity index (χ2n) is 5.33. The number of rotatable bonds is 5. The van der Waals surface area contributed by atoms with Crippen molar-refractivity contribution in [3.05, 3.63) is 0 Å². The highest BCUT2D eigenvalue weighted by Crippen LogP contribution is 2.60. The Kier molecular flexibility index (Phi) is 3.39. The highest BCUT2D eigenvalue weighted by molar-refractivity contribution is 5.02. The largest absolute Gasteiger partial charge is 0.320 e. The van der Waals surface area contributed by atoms with Gasteiger partial charge in [0.15, 0.2) is 0 Å². The Morgan fingerprint density at radius 3 is 2.46 bits per heavy atom. The van der Waals surface area contributed by atoms with Crippen molar-refractivity contribution in [3.63, 3.8) is 0 Å². The standard InChI is InChI=1S/C12H25N/c1-9(2)10(3)12(4)8-11(12)6-7-13-5/h9-11,13H,6-8H2,1-5H3. The van der Waals surface area contributed by atoms with Crippen LogP contribution in [0.5, 0.6) is 0 Å². The minimum absolute atomic E-state index is 0.658. The van der Waals surface area contributed by atoms with Gasteiger partial charge in [-0.2, -0.15) is 0 Å². The Labute approximate surface area is 83.3 Å². The SMILES string of the molecule is CNCCC1CC1(C)C(C)C(C)C. The van der Waals surface area contributed by atoms with E-state index in [0.717, 1.165) is 17.8 Å². The fourth-order valence-electron chi connectivity index (χ4n) is 2.54. The number of nitrogens with one attached hydrogen (secondary N) is 1. The topological polar surface area (TPSA) is 12.0 Å². The van der Waals surface area contributed by atoms with Crippen molar-refractivity contribution in [3.8, 4) is 0 Å². The van der Waals surface area contributed by atoms with E-state index < -0.39 is 0 Å². The van der Waals surface area contributed by atoms with Gasteiger partial charge in [-0.1, -0.05) is 27.7 Å². The molecule has 1 nitrogen and oxygen atoms in total. The number of hydrogen-bond donors (Lipinski definition) is 1. The van der Waals surface area contributed by atoms with Crippen molar-refractivity contribution in [2.45, 2.75) is 40.5 Å². The second kappa shape index (κ2) is 4.00. The zero-order valence-electron chi connectivity index (χ0n) is 9.85. The van der Waals surface area contributed by atoms with Gasteiger partial charge < -0.3 is 5.32 Å². The summed E-state index contributed by atoms with van der Waals surface area (Å²) in [6.45, 7) is 10.8. The van der Waals surface area contributed by atoms with E-state index in [-0.39, 0.29) is 0 Å². The van der Waals surface area contributed by atoms with Crippen LogP contribution in [0.4, 0.5) is 0 Å². The van der Waals surface area contributed by atoms with Gasteiger partial charge in [-0.3, -0.25) is 0 Å². The van der Waals surface area contributed by atoms with Crippen molar-refractivity contribution in [1.29, 1.82) is 0 Å². The van der Waals surface area contributed by atoms with Crippen molar-refractivity contribution in [2.75, 3.05) is 13.6 Å². The van der Waals surface area contributed by atoms with E-state index in [1.807, 2.05) is 7.05 Å². The molecule has 0 bridgehead atoms. The third-order valence-corrected chi connectivity index (χ3v) is 4.24. The molecule has 0 radical (unpaired) electrons. The molecule has 0 aliphatic heterocycles. The number of hydrogen-bond acceptors (Lipinski definition) is 1. The van der Waals surface area contributed by atoms with E-state index >= 15 is 0 Å². The Bertz CT molecular complexity index is 165. The highest BCUT2D eigenvalue weighted by atomic mass is 14.8. The Morgan fingerprint density at radius 1 is 1.38 bits per heavy atom. The summed E-state index contributed by atoms with van der Waals surface area (Å²) in [5.74, 6) is 2.70. The molecule has 0 aromatic heterocycles. The quantitative estimate of drug-likeness (QED) is 0.691. The zero-order chi connectivity index (χ0) is 10.1. The summed E-state index contributed by atoms with van der Waals surface area (Å²) < 4.78 is 0. The molecule has 3 unspecified atom stereocenters. The van der Waals surface area contributed by atoms with Gasteiger partial charge in [0.1, 0.15) is 0 Å². The van der Waals surface area contributed by atoms with Gasteiger partial charge in [0, 0.05) is 0 Å². The van der Waals surface area contributed by atoms with E-state index in [0.29, 0.717) is 5.41 Å². The van der Waals surface area contributed by atoms with Crippen molar-refractivity contribution in [1.82, 2.24) is 5.32 Å². The molecule has 1 rings (SSSR count). The highest BCUT2D eigenvalue weighted by Gasteiger charge is 2.52. The minimum Gasteiger partial charge on any atom is -0.320 e. The summed E-state index contributed by atoms with van der Waals surface area (Å²) in [5.41, 5.74) is 0.658. The Morgan fingerprint density at radius 2 is 2.00 bits per heavy atom. The maximum Gasteiger partial charge on any atom is -0.00491 e. The van der Waals surface area contributed by atoms with Crippen LogP contribution in [-0.2, 0) is 0 Å². The average molecular weight is 183 g/mol. The summed E-state index contributed by atoms with van der Waals surface area (Å²) in [5, 5.41) is 3.24. The molecule has 1 aliphatic rings. The molecular weight excluding hydrogens is 158 g/mol. The van der Waals surface area contributed by atoms with Crippen LogP contribution in [0.3, 0.4) is 0 Å². The van der Waals surface area contributed by atoms with Crippen LogP contribution in [0.15, 0.2) is 0 Å². The molecule has 0 aromatic carbocycles. The molecule has 3 atom stereocenters. The predicted octanol–water partition coefficient (Wildman–Crippen LogP) is 2.91. The molecule has 0 amide bonds. The summed E-state index contributed by atoms with van der Waals surface area (Å²) >= 11 is 0. The van der Waals surface area contributed by atoms with Gasteiger partial charge in [0.05, 0.1) is 0 Å². The first-order chi connectivity index (χ1) is 6.02. The molecule has 1 heteroatoms. The van der Waals surface area contributed by atoms with Crippen LogP contribution in [0.1, 0.15) is 40.5 Å². The molecule has 0 saturated heterocycles. The average Bonchev–Trinajstić information content (AvgIpc) is 2.73. The lowest BCUT2D eigenvalue weighted by Gasteiger charge is -2.24. The smallest absolute Gasteiger partial charge is 0.00491 e. The Balaban J connectivity index is 2.35. The van der Waals surface area contributed by atoms with Gasteiger partial charge in [-0.25, -0.2) is 0 Å². The molecule has 0 aromatic rings. The summed E-state index contributed by atoms with van der Waals surface area (Å²) in [6.07, 6.45) is 2.82. The first kappa shape index (κ1) is 11.0. The van der Waals surface area contributed by atoms with Crippen molar-refractivity contribution < 1.29 is 0 Å². The van der Waals surface area contributed by atoms with Crippen molar-refractivity contribution in [2.24, 2.45) is 23.2 Å². The Hall–Kier alpha value is -0.0400. The maximum atomic E-state index is 3.24. The van der Waals surface area contributed by atoms with Crippen LogP contribution < -0.4 is 5.32 Å². The first-order valence-corrected chi connectivity index (χ1v) is 5.67. The summed E-state index contributed by atoms with van der Waals surface area (Å²) in [6, 6.07) is 0. The maximum absolute atomic E-state index is 3.24. The fourth-order valence-corrected chi connectivity index (χ4v) is 2.54. The van der Waals surface area contributed by atoms with Gasteiger partial charge in [0.25, 0.3) is 0 Å². The fraction of sp³-hybridized carbons (Fsp3) is 1.00. The summed E-state index contributed by atoms with van der Waals surface area (Å²) in [4.78, 5) is 0. The lowest BCUT2D eigenvalue weighted by Crippen LogP contribution is -2.19. The molecule has 1 aliphatic carbocycles. The van der Waals surface area contributed by atoms with Gasteiger partial charge in [-0.05, 0) is 49.6 Å². The molecule has 0 heterocycles. The third-order valence-electron chi connectivity index (χ3n) is 4.24. The third kappa shape index (κ3) is 2.25. The monoisotopic (exact) mass is 183 g/mol. The molecule has 1 fully saturated rings. The molecule has 1 N–H and O–H groups in total. The van der Waals surface area contributed by atoms with Crippen LogP contribution in [0.2, 0.25) is 0 Å². The van der Waals surface area contributed by atoms with Gasteiger partial charge >= 0.3 is 0 Å². The molecule has 13 heavy (non-hydrogen) atoms. The minimum atomic E-state index is 0.658. The van der Waals surface area contributed by atoms with Crippen LogP contribution in [0, 0.1) is 23.2 Å². The molecule has 0 spiro atoms. The molecular formula is C12H25N. The van der Waals surface area contributed by atoms with Crippen molar-refractivity contribution >= 4 is 0 Å². The molecule has 78 valence electrons. The van der Waals surface area contributed by atoms with Crippen LogP contribution in [0.25, 0.3) is 0 Å². The van der Waals surface area contributed by atoms with E-state index in [4.69, 9.17) is 0 Å². The molecule has 1 saturated carbocycles. The van der Waals surface area contributed by atoms with Gasteiger partial charge in [0.2, 0.25) is 0 Å². The lowest BCUT2D eigenvalue weighted by atomic mass is 9.81. The van der Waals surface area contributed by atoms with Crippen LogP contribution in [-0.4, -0.2) is 13.6 Å². The van der Waals surface area contributed by atoms with E-state index in [1.54, 1.807) is 0 Å². The lowest BCUT2D eigenvalue weighted by molar-refractivity contribution is 0.250. The normalized spacial score (nSPS) is 35.1.